The summed E-state index contributed by atoms with van der Waals surface area (Å²) in [5, 5.41) is 6.71. The van der Waals surface area contributed by atoms with E-state index in [0.29, 0.717) is 17.3 Å². The van der Waals surface area contributed by atoms with Crippen LogP contribution >= 0.6 is 0 Å². The van der Waals surface area contributed by atoms with Crippen molar-refractivity contribution in [1.29, 1.82) is 0 Å². The van der Waals surface area contributed by atoms with E-state index in [4.69, 9.17) is 4.74 Å². The highest BCUT2D eigenvalue weighted by Gasteiger charge is 2.05. The number of anilines is 1. The number of hydrogen-bond donors (Lipinski definition) is 1. The zero-order chi connectivity index (χ0) is 16.1. The Labute approximate surface area is 131 Å². The first-order chi connectivity index (χ1) is 11.2. The van der Waals surface area contributed by atoms with Gasteiger partial charge in [-0.15, -0.1) is 0 Å². The third-order valence-corrected chi connectivity index (χ3v) is 2.94. The molecule has 2 aromatic heterocycles. The quantitative estimate of drug-likeness (QED) is 0.785. The Balaban J connectivity index is 1.55. The normalized spacial score (nSPS) is 10.3. The zero-order valence-corrected chi connectivity index (χ0v) is 12.0. The molecule has 0 saturated heterocycles. The van der Waals surface area contributed by atoms with E-state index < -0.39 is 5.82 Å². The number of nitrogens with zero attached hydrogens (tertiary/aromatic N) is 3. The van der Waals surface area contributed by atoms with Crippen LogP contribution in [0.15, 0.2) is 61.1 Å². The number of halogens is 1. The summed E-state index contributed by atoms with van der Waals surface area (Å²) >= 11 is 0. The number of carbonyl (C=O) groups is 1. The van der Waals surface area contributed by atoms with Crippen LogP contribution in [0.25, 0.3) is 5.82 Å². The smallest absolute Gasteiger partial charge is 0.262 e. The van der Waals surface area contributed by atoms with Crippen molar-refractivity contribution in [2.24, 2.45) is 0 Å². The van der Waals surface area contributed by atoms with E-state index in [1.165, 1.54) is 24.4 Å². The molecule has 3 rings (SSSR count). The SMILES string of the molecule is O=C(COc1cccc(F)c1)Nc1ccc(-n2cccn2)nc1. The molecule has 2 heterocycles. The monoisotopic (exact) mass is 312 g/mol. The molecule has 1 aromatic carbocycles. The van der Waals surface area contributed by atoms with Crippen molar-refractivity contribution in [3.8, 4) is 11.6 Å². The summed E-state index contributed by atoms with van der Waals surface area (Å²) in [6.07, 6.45) is 4.95. The largest absolute Gasteiger partial charge is 0.484 e. The lowest BCUT2D eigenvalue weighted by atomic mass is 10.3. The maximum Gasteiger partial charge on any atom is 0.262 e. The average Bonchev–Trinajstić information content (AvgIpc) is 3.08. The number of amides is 1. The van der Waals surface area contributed by atoms with Gasteiger partial charge >= 0.3 is 0 Å². The molecule has 1 amide bonds. The molecule has 6 nitrogen and oxygen atoms in total. The number of ether oxygens (including phenoxy) is 1. The van der Waals surface area contributed by atoms with Crippen LogP contribution in [0.1, 0.15) is 0 Å². The fraction of sp³-hybridized carbons (Fsp3) is 0.0625. The molecular formula is C16H13FN4O2. The molecule has 7 heteroatoms. The van der Waals surface area contributed by atoms with Crippen molar-refractivity contribution in [1.82, 2.24) is 14.8 Å². The third kappa shape index (κ3) is 3.91. The van der Waals surface area contributed by atoms with Gasteiger partial charge in [0.1, 0.15) is 11.6 Å². The molecular weight excluding hydrogens is 299 g/mol. The molecule has 0 atom stereocenters. The fourth-order valence-electron chi connectivity index (χ4n) is 1.90. The second-order valence-electron chi connectivity index (χ2n) is 4.65. The predicted molar refractivity (Wildman–Crippen MR) is 81.9 cm³/mol. The lowest BCUT2D eigenvalue weighted by Gasteiger charge is -2.08. The zero-order valence-electron chi connectivity index (χ0n) is 12.0. The number of aromatic nitrogens is 3. The summed E-state index contributed by atoms with van der Waals surface area (Å²) in [5.41, 5.74) is 0.536. The van der Waals surface area contributed by atoms with Crippen molar-refractivity contribution >= 4 is 11.6 Å². The van der Waals surface area contributed by atoms with Crippen LogP contribution < -0.4 is 10.1 Å². The van der Waals surface area contributed by atoms with Crippen LogP contribution in [0.4, 0.5) is 10.1 Å². The van der Waals surface area contributed by atoms with Gasteiger partial charge in [0.25, 0.3) is 5.91 Å². The molecule has 1 N–H and O–H groups in total. The van der Waals surface area contributed by atoms with Crippen LogP contribution in [0.5, 0.6) is 5.75 Å². The van der Waals surface area contributed by atoms with E-state index in [9.17, 15) is 9.18 Å². The van der Waals surface area contributed by atoms with Gasteiger partial charge in [-0.05, 0) is 30.3 Å². The van der Waals surface area contributed by atoms with E-state index in [1.807, 2.05) is 0 Å². The lowest BCUT2D eigenvalue weighted by Crippen LogP contribution is -2.20. The van der Waals surface area contributed by atoms with E-state index in [1.54, 1.807) is 41.3 Å². The molecule has 0 unspecified atom stereocenters. The molecule has 0 aliphatic rings. The van der Waals surface area contributed by atoms with Gasteiger partial charge in [0, 0.05) is 18.5 Å². The summed E-state index contributed by atoms with van der Waals surface area (Å²) < 4.78 is 19.8. The standard InChI is InChI=1S/C16H13FN4O2/c17-12-3-1-4-14(9-12)23-11-16(22)20-13-5-6-15(18-10-13)21-8-2-7-19-21/h1-10H,11H2,(H,20,22). The number of pyridine rings is 1. The van der Waals surface area contributed by atoms with Gasteiger partial charge in [0.2, 0.25) is 0 Å². The second kappa shape index (κ2) is 6.69. The van der Waals surface area contributed by atoms with Gasteiger partial charge in [0.15, 0.2) is 12.4 Å². The molecule has 0 aliphatic carbocycles. The predicted octanol–water partition coefficient (Wildman–Crippen LogP) is 2.42. The molecule has 0 aliphatic heterocycles. The molecule has 23 heavy (non-hydrogen) atoms. The number of nitrogens with one attached hydrogen (secondary N) is 1. The summed E-state index contributed by atoms with van der Waals surface area (Å²) in [5.74, 6) is 0.167. The molecule has 0 fully saturated rings. The minimum absolute atomic E-state index is 0.218. The third-order valence-electron chi connectivity index (χ3n) is 2.94. The van der Waals surface area contributed by atoms with Crippen molar-refractivity contribution in [2.75, 3.05) is 11.9 Å². The summed E-state index contributed by atoms with van der Waals surface area (Å²) in [4.78, 5) is 16.0. The van der Waals surface area contributed by atoms with Crippen LogP contribution in [-0.2, 0) is 4.79 Å². The lowest BCUT2D eigenvalue weighted by molar-refractivity contribution is -0.118. The number of rotatable bonds is 5. The van der Waals surface area contributed by atoms with Gasteiger partial charge in [-0.2, -0.15) is 5.10 Å². The number of benzene rings is 1. The van der Waals surface area contributed by atoms with E-state index in [2.05, 4.69) is 15.4 Å². The van der Waals surface area contributed by atoms with Crippen LogP contribution in [0.2, 0.25) is 0 Å². The van der Waals surface area contributed by atoms with Crippen LogP contribution in [0, 0.1) is 5.82 Å². The molecule has 0 radical (unpaired) electrons. The Morgan fingerprint density at radius 2 is 2.17 bits per heavy atom. The van der Waals surface area contributed by atoms with Gasteiger partial charge in [-0.1, -0.05) is 6.07 Å². The molecule has 0 spiro atoms. The van der Waals surface area contributed by atoms with Crippen molar-refractivity contribution < 1.29 is 13.9 Å². The highest BCUT2D eigenvalue weighted by molar-refractivity contribution is 5.91. The Kier molecular flexibility index (Phi) is 4.28. The first-order valence-electron chi connectivity index (χ1n) is 6.85. The summed E-state index contributed by atoms with van der Waals surface area (Å²) in [7, 11) is 0. The van der Waals surface area contributed by atoms with E-state index in [0.717, 1.165) is 0 Å². The van der Waals surface area contributed by atoms with Gasteiger partial charge in [-0.25, -0.2) is 14.1 Å². The van der Waals surface area contributed by atoms with Gasteiger partial charge in [-0.3, -0.25) is 4.79 Å². The second-order valence-corrected chi connectivity index (χ2v) is 4.65. The minimum Gasteiger partial charge on any atom is -0.484 e. The molecule has 0 saturated carbocycles. The topological polar surface area (TPSA) is 69.0 Å². The van der Waals surface area contributed by atoms with Crippen LogP contribution in [0.3, 0.4) is 0 Å². The van der Waals surface area contributed by atoms with Crippen molar-refractivity contribution in [3.05, 3.63) is 66.9 Å². The molecule has 0 bridgehead atoms. The van der Waals surface area contributed by atoms with Gasteiger partial charge < -0.3 is 10.1 Å². The fourth-order valence-corrected chi connectivity index (χ4v) is 1.90. The first kappa shape index (κ1) is 14.7. The maximum absolute atomic E-state index is 13.0. The van der Waals surface area contributed by atoms with E-state index >= 15 is 0 Å². The van der Waals surface area contributed by atoms with E-state index in [-0.39, 0.29) is 12.5 Å². The summed E-state index contributed by atoms with van der Waals surface area (Å²) in [6, 6.07) is 10.9. The van der Waals surface area contributed by atoms with Gasteiger partial charge in [0.05, 0.1) is 11.9 Å². The molecule has 3 aromatic rings. The minimum atomic E-state index is -0.415. The van der Waals surface area contributed by atoms with Crippen molar-refractivity contribution in [3.63, 3.8) is 0 Å². The Morgan fingerprint density at radius 3 is 2.87 bits per heavy atom. The maximum atomic E-state index is 13.0. The Hall–Kier alpha value is -3.22. The Bertz CT molecular complexity index is 788. The number of carbonyl (C=O) groups excluding carboxylic acids is 1. The molecule has 116 valence electrons. The number of hydrogen-bond acceptors (Lipinski definition) is 4. The Morgan fingerprint density at radius 1 is 1.26 bits per heavy atom. The average molecular weight is 312 g/mol. The first-order valence-corrected chi connectivity index (χ1v) is 6.85. The summed E-state index contributed by atoms with van der Waals surface area (Å²) in [6.45, 7) is -0.218. The van der Waals surface area contributed by atoms with Crippen LogP contribution in [-0.4, -0.2) is 27.3 Å². The highest BCUT2D eigenvalue weighted by Crippen LogP contribution is 2.12. The van der Waals surface area contributed by atoms with Crippen molar-refractivity contribution in [2.45, 2.75) is 0 Å². The highest BCUT2D eigenvalue weighted by atomic mass is 19.1.